The quantitative estimate of drug-likeness (QED) is 0.689. The molecule has 1 N–H and O–H groups in total. The molecule has 0 radical (unpaired) electrons. The highest BCUT2D eigenvalue weighted by atomic mass is 35.5. The molecule has 1 heterocycles. The third-order valence-corrected chi connectivity index (χ3v) is 4.39. The SMILES string of the molecule is O=C(CN1C(=O)NC2(CCCC2)C1=O)c1cccc(Cl)c1. The van der Waals surface area contributed by atoms with E-state index in [0.29, 0.717) is 23.4 Å². The number of ketones is 1. The van der Waals surface area contributed by atoms with Gasteiger partial charge in [-0.3, -0.25) is 14.5 Å². The topological polar surface area (TPSA) is 66.5 Å². The summed E-state index contributed by atoms with van der Waals surface area (Å²) in [5, 5.41) is 3.21. The average Bonchev–Trinajstić information content (AvgIpc) is 3.00. The van der Waals surface area contributed by atoms with Gasteiger partial charge in [0.15, 0.2) is 5.78 Å². The minimum absolute atomic E-state index is 0.243. The van der Waals surface area contributed by atoms with E-state index in [0.717, 1.165) is 17.7 Å². The fourth-order valence-corrected chi connectivity index (χ4v) is 3.22. The third-order valence-electron chi connectivity index (χ3n) is 4.15. The number of imide groups is 1. The summed E-state index contributed by atoms with van der Waals surface area (Å²) in [6, 6.07) is 6.02. The van der Waals surface area contributed by atoms with E-state index < -0.39 is 11.6 Å². The molecule has 0 bridgehead atoms. The van der Waals surface area contributed by atoms with Crippen molar-refractivity contribution < 1.29 is 14.4 Å². The molecule has 1 aromatic rings. The first-order chi connectivity index (χ1) is 10.0. The number of carbonyl (C=O) groups is 3. The van der Waals surface area contributed by atoms with Crippen LogP contribution in [0, 0.1) is 0 Å². The van der Waals surface area contributed by atoms with Gasteiger partial charge in [-0.05, 0) is 25.0 Å². The van der Waals surface area contributed by atoms with Crippen LogP contribution in [0.15, 0.2) is 24.3 Å². The first-order valence-corrected chi connectivity index (χ1v) is 7.32. The lowest BCUT2D eigenvalue weighted by atomic mass is 9.98. The van der Waals surface area contributed by atoms with Crippen LogP contribution >= 0.6 is 11.6 Å². The minimum Gasteiger partial charge on any atom is -0.323 e. The molecule has 3 rings (SSSR count). The van der Waals surface area contributed by atoms with Gasteiger partial charge in [-0.25, -0.2) is 4.79 Å². The molecule has 1 aliphatic carbocycles. The molecule has 0 aromatic heterocycles. The van der Waals surface area contributed by atoms with E-state index in [1.54, 1.807) is 18.2 Å². The van der Waals surface area contributed by atoms with E-state index in [-0.39, 0.29) is 18.2 Å². The predicted octanol–water partition coefficient (Wildman–Crippen LogP) is 2.39. The van der Waals surface area contributed by atoms with Gasteiger partial charge in [0.2, 0.25) is 0 Å². The fourth-order valence-electron chi connectivity index (χ4n) is 3.03. The summed E-state index contributed by atoms with van der Waals surface area (Å²) in [6.07, 6.45) is 3.14. The standard InChI is InChI=1S/C15H15ClN2O3/c16-11-5-3-4-10(8-11)12(19)9-18-13(20)15(17-14(18)21)6-1-2-7-15/h3-5,8H,1-2,6-7,9H2,(H,17,21). The summed E-state index contributed by atoms with van der Waals surface area (Å²) < 4.78 is 0. The zero-order valence-electron chi connectivity index (χ0n) is 11.4. The zero-order chi connectivity index (χ0) is 15.0. The molecule has 1 aliphatic heterocycles. The smallest absolute Gasteiger partial charge is 0.323 e. The van der Waals surface area contributed by atoms with E-state index >= 15 is 0 Å². The molecular weight excluding hydrogens is 292 g/mol. The third kappa shape index (κ3) is 2.42. The van der Waals surface area contributed by atoms with Crippen LogP contribution in [-0.2, 0) is 4.79 Å². The Hall–Kier alpha value is -1.88. The normalized spacial score (nSPS) is 20.1. The molecule has 0 atom stereocenters. The van der Waals surface area contributed by atoms with Gasteiger partial charge in [0.1, 0.15) is 5.54 Å². The Kier molecular flexibility index (Phi) is 3.45. The van der Waals surface area contributed by atoms with Crippen LogP contribution in [0.2, 0.25) is 5.02 Å². The second-order valence-electron chi connectivity index (χ2n) is 5.54. The monoisotopic (exact) mass is 306 g/mol. The van der Waals surface area contributed by atoms with Crippen molar-refractivity contribution in [3.63, 3.8) is 0 Å². The number of halogens is 1. The maximum absolute atomic E-state index is 12.4. The minimum atomic E-state index is -0.772. The summed E-state index contributed by atoms with van der Waals surface area (Å²) in [6.45, 7) is -0.243. The second kappa shape index (κ2) is 5.15. The number of Topliss-reactive ketones (excluding diaryl/α,β-unsaturated/α-hetero) is 1. The lowest BCUT2D eigenvalue weighted by Gasteiger charge is -2.19. The number of nitrogens with zero attached hydrogens (tertiary/aromatic N) is 1. The average molecular weight is 307 g/mol. The first-order valence-electron chi connectivity index (χ1n) is 6.95. The van der Waals surface area contributed by atoms with Crippen molar-refractivity contribution in [3.05, 3.63) is 34.9 Å². The molecule has 21 heavy (non-hydrogen) atoms. The lowest BCUT2D eigenvalue weighted by molar-refractivity contribution is -0.130. The van der Waals surface area contributed by atoms with Gasteiger partial charge < -0.3 is 5.32 Å². The lowest BCUT2D eigenvalue weighted by Crippen LogP contribution is -2.44. The fraction of sp³-hybridized carbons (Fsp3) is 0.400. The van der Waals surface area contributed by atoms with Crippen molar-refractivity contribution in [2.45, 2.75) is 31.2 Å². The molecule has 1 saturated heterocycles. The molecule has 0 unspecified atom stereocenters. The molecule has 1 saturated carbocycles. The molecule has 5 nitrogen and oxygen atoms in total. The number of nitrogens with one attached hydrogen (secondary N) is 1. The second-order valence-corrected chi connectivity index (χ2v) is 5.98. The Morgan fingerprint density at radius 2 is 2.00 bits per heavy atom. The zero-order valence-corrected chi connectivity index (χ0v) is 12.2. The van der Waals surface area contributed by atoms with Crippen LogP contribution < -0.4 is 5.32 Å². The molecule has 6 heteroatoms. The van der Waals surface area contributed by atoms with Crippen molar-refractivity contribution in [2.75, 3.05) is 6.54 Å². The molecule has 3 amide bonds. The first kappa shape index (κ1) is 14.1. The molecular formula is C15H15ClN2O3. The Morgan fingerprint density at radius 3 is 2.67 bits per heavy atom. The largest absolute Gasteiger partial charge is 0.325 e. The van der Waals surface area contributed by atoms with Gasteiger partial charge in [0.05, 0.1) is 6.54 Å². The van der Waals surface area contributed by atoms with Crippen LogP contribution in [0.3, 0.4) is 0 Å². The molecule has 110 valence electrons. The maximum Gasteiger partial charge on any atom is 0.325 e. The van der Waals surface area contributed by atoms with Gasteiger partial charge >= 0.3 is 6.03 Å². The number of carbonyl (C=O) groups excluding carboxylic acids is 3. The van der Waals surface area contributed by atoms with E-state index in [2.05, 4.69) is 5.32 Å². The molecule has 1 spiro atoms. The van der Waals surface area contributed by atoms with Gasteiger partial charge in [-0.1, -0.05) is 36.6 Å². The molecule has 2 fully saturated rings. The van der Waals surface area contributed by atoms with Crippen LogP contribution in [0.1, 0.15) is 36.0 Å². The Morgan fingerprint density at radius 1 is 1.29 bits per heavy atom. The summed E-state index contributed by atoms with van der Waals surface area (Å²) in [4.78, 5) is 37.7. The van der Waals surface area contributed by atoms with Crippen molar-refractivity contribution >= 4 is 29.3 Å². The molecule has 1 aromatic carbocycles. The van der Waals surface area contributed by atoms with E-state index in [9.17, 15) is 14.4 Å². The number of urea groups is 1. The van der Waals surface area contributed by atoms with Crippen molar-refractivity contribution in [1.29, 1.82) is 0 Å². The number of amides is 3. The highest BCUT2D eigenvalue weighted by molar-refractivity contribution is 6.31. The highest BCUT2D eigenvalue weighted by Gasteiger charge is 2.52. The van der Waals surface area contributed by atoms with Gasteiger partial charge in [0, 0.05) is 10.6 Å². The Balaban J connectivity index is 1.77. The van der Waals surface area contributed by atoms with Crippen LogP contribution in [0.25, 0.3) is 0 Å². The maximum atomic E-state index is 12.4. The predicted molar refractivity (Wildman–Crippen MR) is 77.2 cm³/mol. The summed E-state index contributed by atoms with van der Waals surface area (Å²) in [5.41, 5.74) is -0.374. The van der Waals surface area contributed by atoms with E-state index in [4.69, 9.17) is 11.6 Å². The number of rotatable bonds is 3. The van der Waals surface area contributed by atoms with Crippen LogP contribution in [0.5, 0.6) is 0 Å². The van der Waals surface area contributed by atoms with Crippen LogP contribution in [0.4, 0.5) is 4.79 Å². The Labute approximate surface area is 127 Å². The van der Waals surface area contributed by atoms with Crippen molar-refractivity contribution in [2.24, 2.45) is 0 Å². The summed E-state index contributed by atoms with van der Waals surface area (Å²) in [7, 11) is 0. The number of benzene rings is 1. The Bertz CT molecular complexity index is 623. The van der Waals surface area contributed by atoms with E-state index in [1.165, 1.54) is 6.07 Å². The highest BCUT2D eigenvalue weighted by Crippen LogP contribution is 2.35. The van der Waals surface area contributed by atoms with Crippen molar-refractivity contribution in [3.8, 4) is 0 Å². The van der Waals surface area contributed by atoms with Gasteiger partial charge in [0.25, 0.3) is 5.91 Å². The van der Waals surface area contributed by atoms with Crippen molar-refractivity contribution in [1.82, 2.24) is 10.2 Å². The van der Waals surface area contributed by atoms with Gasteiger partial charge in [-0.2, -0.15) is 0 Å². The van der Waals surface area contributed by atoms with Gasteiger partial charge in [-0.15, -0.1) is 0 Å². The number of hydrogen-bond acceptors (Lipinski definition) is 3. The molecule has 2 aliphatic rings. The summed E-state index contributed by atoms with van der Waals surface area (Å²) >= 11 is 5.85. The van der Waals surface area contributed by atoms with E-state index in [1.807, 2.05) is 0 Å². The van der Waals surface area contributed by atoms with Crippen LogP contribution in [-0.4, -0.2) is 34.7 Å². The number of hydrogen-bond donors (Lipinski definition) is 1. The summed E-state index contributed by atoms with van der Waals surface area (Å²) in [5.74, 6) is -0.573.